The van der Waals surface area contributed by atoms with Crippen molar-refractivity contribution in [1.82, 2.24) is 14.9 Å². The van der Waals surface area contributed by atoms with Crippen LogP contribution in [0.1, 0.15) is 27.2 Å². The monoisotopic (exact) mass is 351 g/mol. The Bertz CT molecular complexity index is 990. The molecule has 2 N–H and O–H groups in total. The van der Waals surface area contributed by atoms with Crippen molar-refractivity contribution in [2.75, 3.05) is 5.88 Å². The van der Waals surface area contributed by atoms with Crippen LogP contribution >= 0.6 is 11.8 Å². The van der Waals surface area contributed by atoms with Crippen LogP contribution in [-0.4, -0.2) is 26.5 Å². The van der Waals surface area contributed by atoms with Gasteiger partial charge in [0, 0.05) is 24.3 Å². The van der Waals surface area contributed by atoms with E-state index in [1.54, 1.807) is 17.8 Å². The van der Waals surface area contributed by atoms with Gasteiger partial charge in [0.05, 0.1) is 5.88 Å². The smallest absolute Gasteiger partial charge is 0.354 e. The molecule has 0 saturated heterocycles. The molecule has 4 rings (SSSR count). The van der Waals surface area contributed by atoms with Crippen molar-refractivity contribution < 1.29 is 9.90 Å². The molecule has 6 heteroatoms. The van der Waals surface area contributed by atoms with Gasteiger partial charge >= 0.3 is 5.97 Å². The van der Waals surface area contributed by atoms with Crippen LogP contribution in [-0.2, 0) is 13.5 Å². The molecule has 0 saturated carbocycles. The summed E-state index contributed by atoms with van der Waals surface area (Å²) in [7, 11) is 1.87. The number of aromatic nitrogens is 2. The molecule has 25 heavy (non-hydrogen) atoms. The number of rotatable bonds is 4. The van der Waals surface area contributed by atoms with Crippen LogP contribution in [0.25, 0.3) is 16.7 Å². The highest BCUT2D eigenvalue weighted by atomic mass is 32.2. The topological polar surface area (TPSA) is 67.2 Å². The van der Waals surface area contributed by atoms with Crippen molar-refractivity contribution >= 4 is 34.5 Å². The average Bonchev–Trinajstić information content (AvgIpc) is 3.26. The summed E-state index contributed by atoms with van der Waals surface area (Å²) in [6.07, 6.45) is 2.58. The molecule has 5 nitrogen and oxygen atoms in total. The van der Waals surface area contributed by atoms with Gasteiger partial charge in [0.2, 0.25) is 0 Å². The molecule has 0 radical (unpaired) electrons. The van der Waals surface area contributed by atoms with Gasteiger partial charge in [0.25, 0.3) is 0 Å². The summed E-state index contributed by atoms with van der Waals surface area (Å²) in [5, 5.41) is 15.8. The molecular weight excluding hydrogens is 334 g/mol. The van der Waals surface area contributed by atoms with Crippen LogP contribution in [0.4, 0.5) is 0 Å². The maximum Gasteiger partial charge on any atom is 0.354 e. The zero-order valence-corrected chi connectivity index (χ0v) is 14.5. The van der Waals surface area contributed by atoms with Crippen molar-refractivity contribution in [3.05, 3.63) is 70.4 Å². The molecule has 126 valence electrons. The van der Waals surface area contributed by atoms with E-state index in [2.05, 4.69) is 40.0 Å². The molecule has 3 aromatic rings. The SMILES string of the molecule is Cn1ccc2c(Cc3ccc(C4=CSCN4)cc3)cc(C(=O)O)nc21. The Balaban J connectivity index is 1.69. The Morgan fingerprint density at radius 1 is 1.32 bits per heavy atom. The number of carbonyl (C=O) groups is 1. The molecule has 1 aromatic carbocycles. The minimum atomic E-state index is -1.00. The Hall–Kier alpha value is -2.73. The second kappa shape index (κ2) is 6.29. The first-order chi connectivity index (χ1) is 12.1. The fraction of sp³-hybridized carbons (Fsp3) is 0.158. The standard InChI is InChI=1S/C19H17N3O2S/c1-22-7-6-15-14(9-16(19(23)24)21-18(15)22)8-12-2-4-13(5-3-12)17-10-25-11-20-17/h2-7,9-10,20H,8,11H2,1H3,(H,23,24). The minimum Gasteiger partial charge on any atom is -0.477 e. The molecular formula is C19H17N3O2S. The van der Waals surface area contributed by atoms with E-state index < -0.39 is 5.97 Å². The number of aryl methyl sites for hydroxylation is 1. The van der Waals surface area contributed by atoms with Crippen molar-refractivity contribution in [2.24, 2.45) is 7.05 Å². The van der Waals surface area contributed by atoms with Crippen LogP contribution < -0.4 is 5.32 Å². The number of fused-ring (bicyclic) bond motifs is 1. The Labute approximate surface area is 149 Å². The lowest BCUT2D eigenvalue weighted by atomic mass is 10.0. The van der Waals surface area contributed by atoms with E-state index in [1.807, 2.05) is 23.9 Å². The summed E-state index contributed by atoms with van der Waals surface area (Å²) in [5.74, 6) is -0.0886. The number of thioether (sulfide) groups is 1. The van der Waals surface area contributed by atoms with Gasteiger partial charge in [-0.3, -0.25) is 0 Å². The first-order valence-corrected chi connectivity index (χ1v) is 9.00. The van der Waals surface area contributed by atoms with Gasteiger partial charge in [-0.15, -0.1) is 11.8 Å². The lowest BCUT2D eigenvalue weighted by Gasteiger charge is -2.08. The summed E-state index contributed by atoms with van der Waals surface area (Å²) >= 11 is 1.75. The molecule has 0 spiro atoms. The van der Waals surface area contributed by atoms with Crippen molar-refractivity contribution in [1.29, 1.82) is 0 Å². The van der Waals surface area contributed by atoms with Crippen LogP contribution in [0.2, 0.25) is 0 Å². The Morgan fingerprint density at radius 3 is 2.80 bits per heavy atom. The van der Waals surface area contributed by atoms with E-state index in [0.29, 0.717) is 12.1 Å². The van der Waals surface area contributed by atoms with E-state index in [4.69, 9.17) is 0 Å². The first kappa shape index (κ1) is 15.8. The third kappa shape index (κ3) is 3.00. The van der Waals surface area contributed by atoms with Gasteiger partial charge in [-0.1, -0.05) is 24.3 Å². The zero-order chi connectivity index (χ0) is 17.4. The van der Waals surface area contributed by atoms with Crippen LogP contribution in [0.5, 0.6) is 0 Å². The van der Waals surface area contributed by atoms with Gasteiger partial charge in [-0.2, -0.15) is 0 Å². The van der Waals surface area contributed by atoms with E-state index in [9.17, 15) is 9.90 Å². The highest BCUT2D eigenvalue weighted by Crippen LogP contribution is 2.25. The van der Waals surface area contributed by atoms with Gasteiger partial charge in [0.1, 0.15) is 5.65 Å². The Kier molecular flexibility index (Phi) is 3.97. The fourth-order valence-corrected chi connectivity index (χ4v) is 3.74. The predicted molar refractivity (Wildman–Crippen MR) is 100 cm³/mol. The molecule has 0 atom stereocenters. The van der Waals surface area contributed by atoms with Gasteiger partial charge in [-0.25, -0.2) is 9.78 Å². The quantitative estimate of drug-likeness (QED) is 0.753. The molecule has 0 amide bonds. The average molecular weight is 351 g/mol. The molecule has 1 aliphatic rings. The zero-order valence-electron chi connectivity index (χ0n) is 13.7. The predicted octanol–water partition coefficient (Wildman–Crippen LogP) is 3.45. The third-order valence-corrected chi connectivity index (χ3v) is 5.06. The summed E-state index contributed by atoms with van der Waals surface area (Å²) in [6, 6.07) is 12.1. The number of hydrogen-bond donors (Lipinski definition) is 2. The number of aromatic carboxylic acids is 1. The summed E-state index contributed by atoms with van der Waals surface area (Å²) in [4.78, 5) is 15.6. The lowest BCUT2D eigenvalue weighted by molar-refractivity contribution is 0.0690. The fourth-order valence-electron chi connectivity index (χ4n) is 3.03. The van der Waals surface area contributed by atoms with Gasteiger partial charge < -0.3 is 15.0 Å². The van der Waals surface area contributed by atoms with E-state index in [0.717, 1.165) is 28.1 Å². The highest BCUT2D eigenvalue weighted by Gasteiger charge is 2.14. The number of benzene rings is 1. The summed E-state index contributed by atoms with van der Waals surface area (Å²) < 4.78 is 1.85. The van der Waals surface area contributed by atoms with Gasteiger partial charge in [0.15, 0.2) is 5.69 Å². The number of carboxylic acid groups (broad SMARTS) is 1. The normalized spacial score (nSPS) is 13.7. The largest absolute Gasteiger partial charge is 0.477 e. The number of nitrogens with one attached hydrogen (secondary N) is 1. The van der Waals surface area contributed by atoms with Crippen LogP contribution in [0.15, 0.2) is 48.0 Å². The molecule has 0 fully saturated rings. The third-order valence-electron chi connectivity index (χ3n) is 4.35. The molecule has 0 bridgehead atoms. The second-order valence-corrected chi connectivity index (χ2v) is 6.89. The molecule has 0 unspecified atom stereocenters. The highest BCUT2D eigenvalue weighted by molar-refractivity contribution is 8.02. The maximum absolute atomic E-state index is 11.4. The molecule has 2 aromatic heterocycles. The molecule has 3 heterocycles. The van der Waals surface area contributed by atoms with Gasteiger partial charge in [-0.05, 0) is 40.7 Å². The number of hydrogen-bond acceptors (Lipinski definition) is 4. The molecule has 1 aliphatic heterocycles. The van der Waals surface area contributed by atoms with Crippen LogP contribution in [0, 0.1) is 0 Å². The van der Waals surface area contributed by atoms with Crippen molar-refractivity contribution in [3.8, 4) is 0 Å². The van der Waals surface area contributed by atoms with Crippen molar-refractivity contribution in [2.45, 2.75) is 6.42 Å². The van der Waals surface area contributed by atoms with E-state index >= 15 is 0 Å². The lowest BCUT2D eigenvalue weighted by Crippen LogP contribution is -2.05. The van der Waals surface area contributed by atoms with E-state index in [1.165, 1.54) is 5.56 Å². The minimum absolute atomic E-state index is 0.0817. The summed E-state index contributed by atoms with van der Waals surface area (Å²) in [6.45, 7) is 0. The first-order valence-electron chi connectivity index (χ1n) is 7.95. The number of nitrogens with zero attached hydrogens (tertiary/aromatic N) is 2. The second-order valence-electron chi connectivity index (χ2n) is 6.03. The summed E-state index contributed by atoms with van der Waals surface area (Å²) in [5.41, 5.74) is 5.22. The number of carboxylic acids is 1. The maximum atomic E-state index is 11.4. The van der Waals surface area contributed by atoms with E-state index in [-0.39, 0.29) is 5.69 Å². The van der Waals surface area contributed by atoms with Crippen LogP contribution in [0.3, 0.4) is 0 Å². The van der Waals surface area contributed by atoms with Crippen molar-refractivity contribution in [3.63, 3.8) is 0 Å². The Morgan fingerprint density at radius 2 is 2.12 bits per heavy atom. The number of pyridine rings is 1. The molecule has 0 aliphatic carbocycles.